The van der Waals surface area contributed by atoms with E-state index in [4.69, 9.17) is 4.74 Å². The van der Waals surface area contributed by atoms with Crippen molar-refractivity contribution in [2.75, 3.05) is 18.5 Å². The number of carbonyl (C=O) groups excluding carboxylic acids is 1. The van der Waals surface area contributed by atoms with Gasteiger partial charge in [-0.25, -0.2) is 4.79 Å². The fourth-order valence-corrected chi connectivity index (χ4v) is 4.11. The number of carbonyl (C=O) groups is 1. The second-order valence-corrected chi connectivity index (χ2v) is 8.98. The molecule has 1 aliphatic heterocycles. The number of nitrogens with zero attached hydrogens (tertiary/aromatic N) is 2. The average molecular weight is 418 g/mol. The van der Waals surface area contributed by atoms with Crippen LogP contribution in [-0.4, -0.2) is 28.6 Å². The molecule has 162 valence electrons. The van der Waals surface area contributed by atoms with Crippen molar-refractivity contribution in [2.45, 2.75) is 45.7 Å². The van der Waals surface area contributed by atoms with Crippen LogP contribution in [0.15, 0.2) is 66.9 Å². The molecule has 1 N–H and O–H groups in total. The Kier molecular flexibility index (Phi) is 5.77. The summed E-state index contributed by atoms with van der Waals surface area (Å²) in [6.07, 6.45) is 2.09. The first-order valence-corrected chi connectivity index (χ1v) is 10.9. The van der Waals surface area contributed by atoms with Crippen LogP contribution in [0.4, 0.5) is 10.5 Å². The summed E-state index contributed by atoms with van der Waals surface area (Å²) in [6.45, 7) is 10.6. The number of anilines is 1. The monoisotopic (exact) mass is 417 g/mol. The number of rotatable bonds is 4. The van der Waals surface area contributed by atoms with Crippen molar-refractivity contribution in [1.29, 1.82) is 0 Å². The van der Waals surface area contributed by atoms with Crippen LogP contribution in [0.2, 0.25) is 0 Å². The molecule has 5 nitrogen and oxygen atoms in total. The molecular formula is C26H31N3O2. The van der Waals surface area contributed by atoms with Gasteiger partial charge in [0.05, 0.1) is 12.6 Å². The number of urea groups is 1. The van der Waals surface area contributed by atoms with Gasteiger partial charge in [-0.1, -0.05) is 45.0 Å². The van der Waals surface area contributed by atoms with Gasteiger partial charge in [-0.15, -0.1) is 0 Å². The number of hydrogen-bond acceptors (Lipinski definition) is 2. The SMILES string of the molecule is CCOc1ccc(NC(=O)N2CCn3cccc3[C@H]2c2ccc(C(C)(C)C)cc2)cc1. The lowest BCUT2D eigenvalue weighted by atomic mass is 9.86. The van der Waals surface area contributed by atoms with E-state index in [0.29, 0.717) is 13.2 Å². The van der Waals surface area contributed by atoms with E-state index in [0.717, 1.165) is 29.2 Å². The minimum atomic E-state index is -0.125. The van der Waals surface area contributed by atoms with Crippen LogP contribution in [0, 0.1) is 0 Å². The Morgan fingerprint density at radius 3 is 2.39 bits per heavy atom. The van der Waals surface area contributed by atoms with Crippen molar-refractivity contribution in [1.82, 2.24) is 9.47 Å². The van der Waals surface area contributed by atoms with Gasteiger partial charge in [0.1, 0.15) is 5.75 Å². The molecule has 0 spiro atoms. The highest BCUT2D eigenvalue weighted by Crippen LogP contribution is 2.34. The largest absolute Gasteiger partial charge is 0.494 e. The van der Waals surface area contributed by atoms with E-state index in [2.05, 4.69) is 73.3 Å². The summed E-state index contributed by atoms with van der Waals surface area (Å²) in [7, 11) is 0. The third kappa shape index (κ3) is 4.46. The molecule has 0 saturated carbocycles. The summed E-state index contributed by atoms with van der Waals surface area (Å²) in [5.74, 6) is 0.799. The minimum absolute atomic E-state index is 0.0933. The zero-order valence-corrected chi connectivity index (χ0v) is 18.8. The molecule has 31 heavy (non-hydrogen) atoms. The number of hydrogen-bond donors (Lipinski definition) is 1. The summed E-state index contributed by atoms with van der Waals surface area (Å²) in [5.41, 5.74) is 4.39. The highest BCUT2D eigenvalue weighted by molar-refractivity contribution is 5.90. The molecular weight excluding hydrogens is 386 g/mol. The fourth-order valence-electron chi connectivity index (χ4n) is 4.11. The van der Waals surface area contributed by atoms with Gasteiger partial charge in [-0.3, -0.25) is 0 Å². The molecule has 1 aromatic heterocycles. The minimum Gasteiger partial charge on any atom is -0.494 e. The molecule has 1 atom stereocenters. The zero-order valence-electron chi connectivity index (χ0n) is 18.8. The van der Waals surface area contributed by atoms with Crippen LogP contribution in [0.25, 0.3) is 0 Å². The van der Waals surface area contributed by atoms with Gasteiger partial charge in [0.25, 0.3) is 0 Å². The topological polar surface area (TPSA) is 46.5 Å². The molecule has 0 aliphatic carbocycles. The Morgan fingerprint density at radius 2 is 1.74 bits per heavy atom. The van der Waals surface area contributed by atoms with Gasteiger partial charge >= 0.3 is 6.03 Å². The van der Waals surface area contributed by atoms with Crippen LogP contribution < -0.4 is 10.1 Å². The van der Waals surface area contributed by atoms with E-state index in [9.17, 15) is 4.79 Å². The van der Waals surface area contributed by atoms with E-state index in [1.54, 1.807) is 0 Å². The number of aromatic nitrogens is 1. The van der Waals surface area contributed by atoms with Crippen molar-refractivity contribution in [2.24, 2.45) is 0 Å². The molecule has 0 saturated heterocycles. The summed E-state index contributed by atoms with van der Waals surface area (Å²) >= 11 is 0. The van der Waals surface area contributed by atoms with Crippen LogP contribution in [0.5, 0.6) is 5.75 Å². The van der Waals surface area contributed by atoms with Crippen molar-refractivity contribution in [3.05, 3.63) is 83.7 Å². The first-order valence-electron chi connectivity index (χ1n) is 10.9. The Hall–Kier alpha value is -3.21. The molecule has 5 heteroatoms. The highest BCUT2D eigenvalue weighted by Gasteiger charge is 2.32. The molecule has 2 aromatic carbocycles. The molecule has 4 rings (SSSR count). The van der Waals surface area contributed by atoms with E-state index in [-0.39, 0.29) is 17.5 Å². The fraction of sp³-hybridized carbons (Fsp3) is 0.346. The number of benzene rings is 2. The summed E-state index contributed by atoms with van der Waals surface area (Å²) in [4.78, 5) is 15.2. The number of fused-ring (bicyclic) bond motifs is 1. The first-order chi connectivity index (χ1) is 14.9. The second-order valence-electron chi connectivity index (χ2n) is 8.98. The number of nitrogens with one attached hydrogen (secondary N) is 1. The van der Waals surface area contributed by atoms with Crippen molar-refractivity contribution in [3.8, 4) is 5.75 Å². The van der Waals surface area contributed by atoms with Crippen molar-refractivity contribution < 1.29 is 9.53 Å². The standard InChI is InChI=1S/C26H31N3O2/c1-5-31-22-14-12-21(13-15-22)27-25(30)29-18-17-28-16-6-7-23(28)24(29)19-8-10-20(11-9-19)26(2,3)4/h6-16,24H,5,17-18H2,1-4H3,(H,27,30)/t24-/m1/s1. The van der Waals surface area contributed by atoms with Crippen molar-refractivity contribution >= 4 is 11.7 Å². The van der Waals surface area contributed by atoms with Crippen LogP contribution in [-0.2, 0) is 12.0 Å². The Labute approximate surface area is 184 Å². The van der Waals surface area contributed by atoms with Gasteiger partial charge in [-0.2, -0.15) is 0 Å². The number of ether oxygens (including phenoxy) is 1. The van der Waals surface area contributed by atoms with Crippen molar-refractivity contribution in [3.63, 3.8) is 0 Å². The van der Waals surface area contributed by atoms with E-state index in [1.807, 2.05) is 36.1 Å². The Balaban J connectivity index is 1.60. The van der Waals surface area contributed by atoms with Gasteiger partial charge in [0, 0.05) is 30.7 Å². The maximum Gasteiger partial charge on any atom is 0.322 e. The maximum absolute atomic E-state index is 13.3. The third-order valence-corrected chi connectivity index (χ3v) is 5.81. The second kappa shape index (κ2) is 8.50. The molecule has 0 unspecified atom stereocenters. The van der Waals surface area contributed by atoms with E-state index >= 15 is 0 Å². The van der Waals surface area contributed by atoms with Gasteiger partial charge in [0.15, 0.2) is 0 Å². The van der Waals surface area contributed by atoms with Gasteiger partial charge in [-0.05, 0) is 59.9 Å². The molecule has 2 heterocycles. The van der Waals surface area contributed by atoms with E-state index < -0.39 is 0 Å². The van der Waals surface area contributed by atoms with E-state index in [1.165, 1.54) is 5.56 Å². The zero-order chi connectivity index (χ0) is 22.0. The molecule has 1 aliphatic rings. The lowest BCUT2D eigenvalue weighted by Crippen LogP contribution is -2.44. The molecule has 0 bridgehead atoms. The quantitative estimate of drug-likeness (QED) is 0.581. The molecule has 0 radical (unpaired) electrons. The van der Waals surface area contributed by atoms with Gasteiger partial charge < -0.3 is 19.5 Å². The lowest BCUT2D eigenvalue weighted by Gasteiger charge is -2.37. The smallest absolute Gasteiger partial charge is 0.322 e. The predicted octanol–water partition coefficient (Wildman–Crippen LogP) is 5.82. The highest BCUT2D eigenvalue weighted by atomic mass is 16.5. The number of amides is 2. The summed E-state index contributed by atoms with van der Waals surface area (Å²) in [6, 6.07) is 20.1. The molecule has 0 fully saturated rings. The Bertz CT molecular complexity index is 1030. The summed E-state index contributed by atoms with van der Waals surface area (Å²) in [5, 5.41) is 3.06. The molecule has 2 amide bonds. The Morgan fingerprint density at radius 1 is 1.03 bits per heavy atom. The van der Waals surface area contributed by atoms with Crippen LogP contribution in [0.3, 0.4) is 0 Å². The van der Waals surface area contributed by atoms with Crippen LogP contribution >= 0.6 is 0 Å². The summed E-state index contributed by atoms with van der Waals surface area (Å²) < 4.78 is 7.73. The third-order valence-electron chi connectivity index (χ3n) is 5.81. The molecule has 3 aromatic rings. The van der Waals surface area contributed by atoms with Gasteiger partial charge in [0.2, 0.25) is 0 Å². The average Bonchev–Trinajstić information content (AvgIpc) is 3.23. The maximum atomic E-state index is 13.3. The predicted molar refractivity (Wildman–Crippen MR) is 125 cm³/mol. The first kappa shape index (κ1) is 21.0. The van der Waals surface area contributed by atoms with Crippen LogP contribution in [0.1, 0.15) is 50.6 Å². The normalized spacial score (nSPS) is 16.0. The lowest BCUT2D eigenvalue weighted by molar-refractivity contribution is 0.182.